The summed E-state index contributed by atoms with van der Waals surface area (Å²) in [7, 11) is 0. The van der Waals surface area contributed by atoms with E-state index >= 15 is 0 Å². The van der Waals surface area contributed by atoms with Crippen LogP contribution in [0.1, 0.15) is 38.7 Å². The Labute approximate surface area is 150 Å². The van der Waals surface area contributed by atoms with E-state index in [1.165, 1.54) is 19.3 Å². The molecule has 0 bridgehead atoms. The van der Waals surface area contributed by atoms with Crippen LogP contribution in [0.4, 0.5) is 17.5 Å². The summed E-state index contributed by atoms with van der Waals surface area (Å²) in [5.41, 5.74) is 2.14. The zero-order valence-electron chi connectivity index (χ0n) is 15.0. The highest BCUT2D eigenvalue weighted by Crippen LogP contribution is 2.36. The molecule has 0 amide bonds. The minimum atomic E-state index is 0.571. The van der Waals surface area contributed by atoms with Gasteiger partial charge in [0.2, 0.25) is 5.95 Å². The number of nitrogens with zero attached hydrogens (tertiary/aromatic N) is 3. The molecule has 1 saturated carbocycles. The SMILES string of the molecule is CC1CC(C)CC(N2CC=Cc3cnc(Nc4ccccc4)nc32)C1. The molecule has 2 heterocycles. The van der Waals surface area contributed by atoms with Crippen molar-refractivity contribution in [3.63, 3.8) is 0 Å². The highest BCUT2D eigenvalue weighted by atomic mass is 15.3. The fourth-order valence-electron chi connectivity index (χ4n) is 4.30. The highest BCUT2D eigenvalue weighted by Gasteiger charge is 2.30. The van der Waals surface area contributed by atoms with E-state index in [1.807, 2.05) is 36.5 Å². The number of para-hydroxylation sites is 1. The van der Waals surface area contributed by atoms with Crippen molar-refractivity contribution in [2.24, 2.45) is 11.8 Å². The van der Waals surface area contributed by atoms with Gasteiger partial charge in [-0.05, 0) is 43.2 Å². The van der Waals surface area contributed by atoms with E-state index in [2.05, 4.69) is 41.2 Å². The van der Waals surface area contributed by atoms with Crippen molar-refractivity contribution >= 4 is 23.5 Å². The Morgan fingerprint density at radius 2 is 1.80 bits per heavy atom. The highest BCUT2D eigenvalue weighted by molar-refractivity contribution is 5.69. The van der Waals surface area contributed by atoms with Gasteiger partial charge in [-0.3, -0.25) is 0 Å². The molecule has 1 aliphatic heterocycles. The van der Waals surface area contributed by atoms with E-state index in [0.29, 0.717) is 12.0 Å². The predicted molar refractivity (Wildman–Crippen MR) is 104 cm³/mol. The first kappa shape index (κ1) is 16.1. The van der Waals surface area contributed by atoms with Gasteiger partial charge in [-0.2, -0.15) is 4.98 Å². The number of benzene rings is 1. The summed E-state index contributed by atoms with van der Waals surface area (Å²) in [6, 6.07) is 10.7. The summed E-state index contributed by atoms with van der Waals surface area (Å²) < 4.78 is 0. The molecule has 2 aromatic rings. The maximum absolute atomic E-state index is 4.87. The maximum Gasteiger partial charge on any atom is 0.229 e. The Hall–Kier alpha value is -2.36. The molecule has 1 fully saturated rings. The van der Waals surface area contributed by atoms with Crippen molar-refractivity contribution in [2.45, 2.75) is 39.2 Å². The molecule has 2 unspecified atom stereocenters. The molecule has 130 valence electrons. The van der Waals surface area contributed by atoms with Crippen LogP contribution in [0, 0.1) is 11.8 Å². The molecule has 1 N–H and O–H groups in total. The first-order valence-electron chi connectivity index (χ1n) is 9.31. The summed E-state index contributed by atoms with van der Waals surface area (Å²) in [5.74, 6) is 3.31. The monoisotopic (exact) mass is 334 g/mol. The van der Waals surface area contributed by atoms with Crippen LogP contribution in [-0.2, 0) is 0 Å². The van der Waals surface area contributed by atoms with E-state index in [-0.39, 0.29) is 0 Å². The van der Waals surface area contributed by atoms with Crippen LogP contribution in [-0.4, -0.2) is 22.6 Å². The smallest absolute Gasteiger partial charge is 0.229 e. The Balaban J connectivity index is 1.61. The number of rotatable bonds is 3. The van der Waals surface area contributed by atoms with E-state index in [1.54, 1.807) is 0 Å². The number of aromatic nitrogens is 2. The summed E-state index contributed by atoms with van der Waals surface area (Å²) in [6.45, 7) is 5.70. The molecule has 25 heavy (non-hydrogen) atoms. The lowest BCUT2D eigenvalue weighted by molar-refractivity contribution is 0.261. The lowest BCUT2D eigenvalue weighted by atomic mass is 9.79. The Bertz CT molecular complexity index is 746. The van der Waals surface area contributed by atoms with Crippen molar-refractivity contribution in [1.82, 2.24) is 9.97 Å². The fraction of sp³-hybridized carbons (Fsp3) is 0.429. The van der Waals surface area contributed by atoms with Gasteiger partial charge >= 0.3 is 0 Å². The zero-order valence-corrected chi connectivity index (χ0v) is 15.0. The average Bonchev–Trinajstić information content (AvgIpc) is 2.61. The summed E-state index contributed by atoms with van der Waals surface area (Å²) in [6.07, 6.45) is 10.2. The molecule has 1 aliphatic carbocycles. The summed E-state index contributed by atoms with van der Waals surface area (Å²) >= 11 is 0. The van der Waals surface area contributed by atoms with Gasteiger partial charge < -0.3 is 10.2 Å². The fourth-order valence-corrected chi connectivity index (χ4v) is 4.30. The van der Waals surface area contributed by atoms with Crippen LogP contribution in [0.25, 0.3) is 6.08 Å². The van der Waals surface area contributed by atoms with Gasteiger partial charge in [-0.15, -0.1) is 0 Å². The first-order chi connectivity index (χ1) is 12.2. The van der Waals surface area contributed by atoms with E-state index < -0.39 is 0 Å². The third-order valence-electron chi connectivity index (χ3n) is 5.29. The molecule has 4 rings (SSSR count). The van der Waals surface area contributed by atoms with Crippen molar-refractivity contribution in [1.29, 1.82) is 0 Å². The molecule has 1 aromatic heterocycles. The van der Waals surface area contributed by atoms with Gasteiger partial charge in [-0.25, -0.2) is 4.98 Å². The largest absolute Gasteiger partial charge is 0.349 e. The zero-order chi connectivity index (χ0) is 17.2. The van der Waals surface area contributed by atoms with Crippen LogP contribution in [0.15, 0.2) is 42.6 Å². The maximum atomic E-state index is 4.87. The predicted octanol–water partition coefficient (Wildman–Crippen LogP) is 4.88. The van der Waals surface area contributed by atoms with Crippen LogP contribution in [0.2, 0.25) is 0 Å². The lowest BCUT2D eigenvalue weighted by Crippen LogP contribution is -2.42. The third kappa shape index (κ3) is 3.53. The van der Waals surface area contributed by atoms with Crippen LogP contribution in [0.3, 0.4) is 0 Å². The molecular formula is C21H26N4. The van der Waals surface area contributed by atoms with Crippen LogP contribution >= 0.6 is 0 Å². The van der Waals surface area contributed by atoms with Crippen molar-refractivity contribution in [2.75, 3.05) is 16.8 Å². The van der Waals surface area contributed by atoms with Gasteiger partial charge in [-0.1, -0.05) is 44.2 Å². The molecule has 0 radical (unpaired) electrons. The normalized spacial score (nSPS) is 25.5. The molecule has 2 atom stereocenters. The molecule has 0 saturated heterocycles. The second-order valence-electron chi connectivity index (χ2n) is 7.59. The van der Waals surface area contributed by atoms with Gasteiger partial charge in [0, 0.05) is 30.0 Å². The van der Waals surface area contributed by atoms with E-state index in [4.69, 9.17) is 4.98 Å². The van der Waals surface area contributed by atoms with Gasteiger partial charge in [0.25, 0.3) is 0 Å². The summed E-state index contributed by atoms with van der Waals surface area (Å²) in [5, 5.41) is 3.32. The quantitative estimate of drug-likeness (QED) is 0.869. The minimum absolute atomic E-state index is 0.571. The minimum Gasteiger partial charge on any atom is -0.349 e. The van der Waals surface area contributed by atoms with E-state index in [9.17, 15) is 0 Å². The first-order valence-corrected chi connectivity index (χ1v) is 9.31. The number of anilines is 3. The second kappa shape index (κ2) is 6.87. The molecular weight excluding hydrogens is 308 g/mol. The number of nitrogens with one attached hydrogen (secondary N) is 1. The topological polar surface area (TPSA) is 41.1 Å². The molecule has 4 nitrogen and oxygen atoms in total. The number of fused-ring (bicyclic) bond motifs is 1. The molecule has 1 aromatic carbocycles. The molecule has 0 spiro atoms. The standard InChI is InChI=1S/C21H26N4/c1-15-11-16(2)13-19(12-15)25-10-6-7-17-14-22-21(24-20(17)25)23-18-8-4-3-5-9-18/h3-9,14-16,19H,10-13H2,1-2H3,(H,22,23,24). The lowest BCUT2D eigenvalue weighted by Gasteiger charge is -2.41. The van der Waals surface area contributed by atoms with Crippen molar-refractivity contribution < 1.29 is 0 Å². The van der Waals surface area contributed by atoms with Crippen LogP contribution < -0.4 is 10.2 Å². The third-order valence-corrected chi connectivity index (χ3v) is 5.29. The van der Waals surface area contributed by atoms with Crippen molar-refractivity contribution in [3.05, 3.63) is 48.2 Å². The Morgan fingerprint density at radius 3 is 2.56 bits per heavy atom. The van der Waals surface area contributed by atoms with Gasteiger partial charge in [0.15, 0.2) is 0 Å². The number of hydrogen-bond acceptors (Lipinski definition) is 4. The van der Waals surface area contributed by atoms with E-state index in [0.717, 1.165) is 35.4 Å². The second-order valence-corrected chi connectivity index (χ2v) is 7.59. The molecule has 4 heteroatoms. The van der Waals surface area contributed by atoms with Crippen molar-refractivity contribution in [3.8, 4) is 0 Å². The summed E-state index contributed by atoms with van der Waals surface area (Å²) in [4.78, 5) is 11.8. The molecule has 2 aliphatic rings. The Kier molecular flexibility index (Phi) is 4.43. The average molecular weight is 334 g/mol. The van der Waals surface area contributed by atoms with Gasteiger partial charge in [0.05, 0.1) is 0 Å². The van der Waals surface area contributed by atoms with Crippen LogP contribution in [0.5, 0.6) is 0 Å². The van der Waals surface area contributed by atoms with Gasteiger partial charge in [0.1, 0.15) is 5.82 Å². The Morgan fingerprint density at radius 1 is 1.04 bits per heavy atom. The number of hydrogen-bond donors (Lipinski definition) is 1.